The first kappa shape index (κ1) is 23.8. The molecule has 1 aromatic rings. The van der Waals surface area contributed by atoms with Crippen LogP contribution >= 0.6 is 0 Å². The van der Waals surface area contributed by atoms with Crippen molar-refractivity contribution in [2.45, 2.75) is 4.90 Å². The van der Waals surface area contributed by atoms with E-state index < -0.39 is 52.1 Å². The normalized spacial score (nSPS) is 12.3. The van der Waals surface area contributed by atoms with E-state index in [1.165, 1.54) is 6.07 Å². The molecule has 1 amide bonds. The van der Waals surface area contributed by atoms with Crippen LogP contribution in [-0.4, -0.2) is 65.2 Å². The number of amides is 1. The molecule has 0 saturated carbocycles. The minimum atomic E-state index is -4.71. The van der Waals surface area contributed by atoms with Crippen LogP contribution < -0.4 is 5.73 Å². The Hall–Kier alpha value is -2.22. The van der Waals surface area contributed by atoms with E-state index in [0.717, 1.165) is 17.0 Å². The summed E-state index contributed by atoms with van der Waals surface area (Å²) in [5.41, 5.74) is 4.95. The highest BCUT2D eigenvalue weighted by molar-refractivity contribution is 7.94. The molecule has 0 bridgehead atoms. The van der Waals surface area contributed by atoms with Crippen molar-refractivity contribution in [2.75, 3.05) is 30.3 Å². The van der Waals surface area contributed by atoms with Crippen LogP contribution in [0.2, 0.25) is 0 Å². The topological polar surface area (TPSA) is 169 Å². The molecule has 13 heteroatoms. The van der Waals surface area contributed by atoms with Crippen LogP contribution in [0.25, 0.3) is 0 Å². The van der Waals surface area contributed by atoms with E-state index in [2.05, 4.69) is 13.2 Å². The average molecular weight is 453 g/mol. The highest BCUT2D eigenvalue weighted by atomic mass is 32.2. The van der Waals surface area contributed by atoms with Gasteiger partial charge in [-0.3, -0.25) is 9.35 Å². The van der Waals surface area contributed by atoms with Gasteiger partial charge in [0, 0.05) is 29.5 Å². The second kappa shape index (κ2) is 8.86. The van der Waals surface area contributed by atoms with E-state index in [1.54, 1.807) is 0 Å². The molecule has 1 aromatic carbocycles. The monoisotopic (exact) mass is 452 g/mol. The van der Waals surface area contributed by atoms with Gasteiger partial charge in [0.1, 0.15) is 4.90 Å². The lowest BCUT2D eigenvalue weighted by Crippen LogP contribution is -2.38. The van der Waals surface area contributed by atoms with Crippen molar-refractivity contribution < 1.29 is 34.6 Å². The molecule has 0 heterocycles. The summed E-state index contributed by atoms with van der Waals surface area (Å²) in [6, 6.07) is 3.07. The molecule has 0 fully saturated rings. The summed E-state index contributed by atoms with van der Waals surface area (Å²) in [4.78, 5) is 12.9. The van der Waals surface area contributed by atoms with E-state index in [-0.39, 0.29) is 24.3 Å². The number of hydrogen-bond donors (Lipinski definition) is 2. The van der Waals surface area contributed by atoms with Crippen LogP contribution in [0, 0.1) is 0 Å². The highest BCUT2D eigenvalue weighted by Crippen LogP contribution is 2.20. The molecule has 0 spiro atoms. The van der Waals surface area contributed by atoms with Gasteiger partial charge in [0.2, 0.25) is 0 Å². The van der Waals surface area contributed by atoms with Gasteiger partial charge in [-0.05, 0) is 18.2 Å². The van der Waals surface area contributed by atoms with Crippen molar-refractivity contribution in [3.8, 4) is 0 Å². The van der Waals surface area contributed by atoms with Crippen LogP contribution in [0.15, 0.2) is 47.1 Å². The fraction of sp³-hybridized carbons (Fsp3) is 0.267. The predicted octanol–water partition coefficient (Wildman–Crippen LogP) is 0.0743. The van der Waals surface area contributed by atoms with Crippen molar-refractivity contribution in [3.63, 3.8) is 0 Å². The van der Waals surface area contributed by atoms with E-state index >= 15 is 0 Å². The largest absolute Gasteiger partial charge is 0.398 e. The third-order valence-corrected chi connectivity index (χ3v) is 7.05. The van der Waals surface area contributed by atoms with Gasteiger partial charge in [-0.2, -0.15) is 8.42 Å². The molecule has 0 aliphatic rings. The molecule has 0 aliphatic carbocycles. The number of nitrogen functional groups attached to an aromatic ring is 1. The summed E-state index contributed by atoms with van der Waals surface area (Å²) in [5, 5.41) is 1.41. The maximum atomic E-state index is 12.7. The SMILES string of the molecule is C=CS(=O)(=O)CCN(CCS(=O)(=O)C=C)C(=O)c1ccc(N)c(S(=O)(=O)O)c1. The second-order valence-electron chi connectivity index (χ2n) is 5.59. The summed E-state index contributed by atoms with van der Waals surface area (Å²) in [6.45, 7) is 5.56. The quantitative estimate of drug-likeness (QED) is 0.368. The summed E-state index contributed by atoms with van der Waals surface area (Å²) in [5.74, 6) is -1.88. The fourth-order valence-corrected chi connectivity index (χ4v) is 3.95. The van der Waals surface area contributed by atoms with E-state index in [9.17, 15) is 34.6 Å². The van der Waals surface area contributed by atoms with Crippen molar-refractivity contribution in [3.05, 3.63) is 47.7 Å². The van der Waals surface area contributed by atoms with Crippen LogP contribution in [-0.2, 0) is 29.8 Å². The lowest BCUT2D eigenvalue weighted by atomic mass is 10.2. The zero-order valence-corrected chi connectivity index (χ0v) is 17.1. The molecule has 0 aliphatic heterocycles. The van der Waals surface area contributed by atoms with Crippen molar-refractivity contribution in [2.24, 2.45) is 0 Å². The summed E-state index contributed by atoms with van der Waals surface area (Å²) < 4.78 is 78.4. The number of anilines is 1. The van der Waals surface area contributed by atoms with Gasteiger partial charge in [0.25, 0.3) is 16.0 Å². The van der Waals surface area contributed by atoms with Gasteiger partial charge in [0.15, 0.2) is 19.7 Å². The molecule has 0 radical (unpaired) electrons. The molecular formula is C15H20N2O8S3. The van der Waals surface area contributed by atoms with Crippen LogP contribution in [0.4, 0.5) is 5.69 Å². The third-order valence-electron chi connectivity index (χ3n) is 3.62. The molecule has 156 valence electrons. The van der Waals surface area contributed by atoms with Gasteiger partial charge >= 0.3 is 0 Å². The Balaban J connectivity index is 3.26. The molecule has 28 heavy (non-hydrogen) atoms. The number of nitrogens with zero attached hydrogens (tertiary/aromatic N) is 1. The van der Waals surface area contributed by atoms with E-state index in [0.29, 0.717) is 10.8 Å². The van der Waals surface area contributed by atoms with Crippen molar-refractivity contribution in [1.29, 1.82) is 0 Å². The zero-order valence-electron chi connectivity index (χ0n) is 14.7. The second-order valence-corrected chi connectivity index (χ2v) is 11.1. The first-order chi connectivity index (χ1) is 12.7. The maximum Gasteiger partial charge on any atom is 0.296 e. The molecule has 0 unspecified atom stereocenters. The summed E-state index contributed by atoms with van der Waals surface area (Å²) in [7, 11) is -12.1. The Morgan fingerprint density at radius 3 is 1.86 bits per heavy atom. The smallest absolute Gasteiger partial charge is 0.296 e. The van der Waals surface area contributed by atoms with Gasteiger partial charge in [-0.25, -0.2) is 16.8 Å². The van der Waals surface area contributed by atoms with E-state index in [1.807, 2.05) is 0 Å². The number of sulfone groups is 2. The maximum absolute atomic E-state index is 12.7. The number of nitrogens with two attached hydrogens (primary N) is 1. The van der Waals surface area contributed by atoms with Crippen molar-refractivity contribution in [1.82, 2.24) is 4.90 Å². The average Bonchev–Trinajstić information content (AvgIpc) is 2.60. The summed E-state index contributed by atoms with van der Waals surface area (Å²) in [6.07, 6.45) is 0. The number of hydrogen-bond acceptors (Lipinski definition) is 8. The molecule has 0 saturated heterocycles. The molecule has 10 nitrogen and oxygen atoms in total. The fourth-order valence-electron chi connectivity index (χ4n) is 2.03. The number of rotatable bonds is 10. The minimum Gasteiger partial charge on any atom is -0.398 e. The molecule has 0 aromatic heterocycles. The van der Waals surface area contributed by atoms with Gasteiger partial charge in [-0.1, -0.05) is 13.2 Å². The minimum absolute atomic E-state index is 0.228. The Morgan fingerprint density at radius 2 is 1.46 bits per heavy atom. The molecule has 3 N–H and O–H groups in total. The number of benzene rings is 1. The lowest BCUT2D eigenvalue weighted by molar-refractivity contribution is 0.0775. The van der Waals surface area contributed by atoms with Gasteiger partial charge in [0.05, 0.1) is 17.2 Å². The first-order valence-corrected chi connectivity index (χ1v) is 12.5. The van der Waals surface area contributed by atoms with Gasteiger partial charge < -0.3 is 10.6 Å². The van der Waals surface area contributed by atoms with Crippen LogP contribution in [0.1, 0.15) is 10.4 Å². The standard InChI is InChI=1S/C15H20N2O8S3/c1-3-26(19,20)9-7-17(8-10-27(21,22)4-2)15(18)12-5-6-13(16)14(11-12)28(23,24)25/h3-6,11H,1-2,7-10,16H2,(H,23,24,25). The first-order valence-electron chi connectivity index (χ1n) is 7.59. The summed E-state index contributed by atoms with van der Waals surface area (Å²) >= 11 is 0. The number of carbonyl (C=O) groups is 1. The molecule has 0 atom stereocenters. The molecular weight excluding hydrogens is 432 g/mol. The van der Waals surface area contributed by atoms with Crippen LogP contribution in [0.3, 0.4) is 0 Å². The van der Waals surface area contributed by atoms with Crippen molar-refractivity contribution >= 4 is 41.4 Å². The highest BCUT2D eigenvalue weighted by Gasteiger charge is 2.23. The molecule has 1 rings (SSSR count). The third kappa shape index (κ3) is 6.74. The predicted molar refractivity (Wildman–Crippen MR) is 105 cm³/mol. The van der Waals surface area contributed by atoms with Gasteiger partial charge in [-0.15, -0.1) is 0 Å². The Bertz CT molecular complexity index is 1050. The van der Waals surface area contributed by atoms with Crippen LogP contribution in [0.5, 0.6) is 0 Å². The Morgan fingerprint density at radius 1 is 1.00 bits per heavy atom. The zero-order chi connectivity index (χ0) is 21.8. The van der Waals surface area contributed by atoms with E-state index in [4.69, 9.17) is 5.73 Å². The number of carbonyl (C=O) groups excluding carboxylic acids is 1. The Kier molecular flexibility index (Phi) is 7.53. The lowest BCUT2D eigenvalue weighted by Gasteiger charge is -2.22. The Labute approximate surface area is 163 Å².